The molecule has 1 fully saturated rings. The van der Waals surface area contributed by atoms with E-state index < -0.39 is 36.1 Å². The van der Waals surface area contributed by atoms with Crippen LogP contribution in [0.2, 0.25) is 0 Å². The lowest BCUT2D eigenvalue weighted by Gasteiger charge is -2.41. The van der Waals surface area contributed by atoms with E-state index in [-0.39, 0.29) is 19.5 Å². The number of β-amino-alcohol motifs (C(OH)–C–C–N with tert-alkyl or cyclic N) is 1. The van der Waals surface area contributed by atoms with Crippen molar-refractivity contribution in [3.05, 3.63) is 30.0 Å². The van der Waals surface area contributed by atoms with Gasteiger partial charge in [-0.05, 0) is 45.7 Å². The van der Waals surface area contributed by atoms with Crippen molar-refractivity contribution in [1.29, 1.82) is 0 Å². The fourth-order valence-electron chi connectivity index (χ4n) is 3.91. The first-order chi connectivity index (χ1) is 15.4. The third-order valence-corrected chi connectivity index (χ3v) is 5.38. The Morgan fingerprint density at radius 3 is 2.67 bits per heavy atom. The number of fused-ring (bicyclic) bond motifs is 1. The largest absolute Gasteiger partial charge is 0.481 e. The van der Waals surface area contributed by atoms with Gasteiger partial charge in [0.15, 0.2) is 0 Å². The molecular weight excluding hydrogens is 441 g/mol. The van der Waals surface area contributed by atoms with E-state index in [9.17, 15) is 23.1 Å². The molecule has 33 heavy (non-hydrogen) atoms. The first-order valence-electron chi connectivity index (χ1n) is 10.7. The third kappa shape index (κ3) is 6.44. The number of hydrogen-bond donors (Lipinski definition) is 2. The highest BCUT2D eigenvalue weighted by molar-refractivity contribution is 5.78. The summed E-state index contributed by atoms with van der Waals surface area (Å²) in [7, 11) is 1.45. The molecule has 1 saturated heterocycles. The zero-order valence-corrected chi connectivity index (χ0v) is 19.0. The van der Waals surface area contributed by atoms with Crippen molar-refractivity contribution in [3.63, 3.8) is 0 Å². The molecular formula is C22H29F3N4O4. The lowest BCUT2D eigenvalue weighted by atomic mass is 9.95. The molecule has 1 amide bonds. The van der Waals surface area contributed by atoms with E-state index in [0.717, 1.165) is 0 Å². The average Bonchev–Trinajstić information content (AvgIpc) is 2.71. The molecule has 0 aliphatic carbocycles. The molecule has 2 N–H and O–H groups in total. The molecule has 0 saturated carbocycles. The predicted octanol–water partition coefficient (Wildman–Crippen LogP) is 3.59. The van der Waals surface area contributed by atoms with Crippen LogP contribution in [0.1, 0.15) is 45.3 Å². The van der Waals surface area contributed by atoms with Crippen molar-refractivity contribution in [2.45, 2.75) is 63.6 Å². The number of ether oxygens (including phenoxy) is 2. The van der Waals surface area contributed by atoms with Crippen LogP contribution in [-0.4, -0.2) is 70.1 Å². The predicted molar refractivity (Wildman–Crippen MR) is 115 cm³/mol. The molecule has 3 rings (SSSR count). The normalized spacial score (nSPS) is 21.0. The maximum absolute atomic E-state index is 13.9. The first-order valence-corrected chi connectivity index (χ1v) is 10.7. The summed E-state index contributed by atoms with van der Waals surface area (Å²) in [5.74, 6) is 0.311. The third-order valence-electron chi connectivity index (χ3n) is 5.38. The van der Waals surface area contributed by atoms with Crippen LogP contribution in [0.25, 0.3) is 11.0 Å². The van der Waals surface area contributed by atoms with Gasteiger partial charge >= 0.3 is 12.3 Å². The Morgan fingerprint density at radius 1 is 1.30 bits per heavy atom. The van der Waals surface area contributed by atoms with Crippen LogP contribution in [-0.2, 0) is 4.74 Å². The molecule has 0 radical (unpaired) electrons. The van der Waals surface area contributed by atoms with Gasteiger partial charge in [0, 0.05) is 37.0 Å². The van der Waals surface area contributed by atoms with Crippen molar-refractivity contribution in [3.8, 4) is 5.88 Å². The number of aliphatic hydroxyl groups is 1. The SMILES string of the molecule is COc1ccc2nccc(C(O)CN3CC[C@H](NC(=O)OC(C)(C)C)C[C@H]3C(F)(F)F)c2n1. The maximum Gasteiger partial charge on any atom is 0.407 e. The Hall–Kier alpha value is -2.66. The fourth-order valence-corrected chi connectivity index (χ4v) is 3.91. The van der Waals surface area contributed by atoms with Crippen molar-refractivity contribution < 1.29 is 32.5 Å². The van der Waals surface area contributed by atoms with E-state index in [1.54, 1.807) is 39.0 Å². The molecule has 182 valence electrons. The topological polar surface area (TPSA) is 96.8 Å². The summed E-state index contributed by atoms with van der Waals surface area (Å²) in [5.41, 5.74) is 0.491. The average molecular weight is 470 g/mol. The van der Waals surface area contributed by atoms with E-state index in [1.165, 1.54) is 18.2 Å². The first kappa shape index (κ1) is 25.0. The van der Waals surface area contributed by atoms with Gasteiger partial charge in [0.05, 0.1) is 24.2 Å². The second kappa shape index (κ2) is 9.68. The molecule has 8 nitrogen and oxygen atoms in total. The summed E-state index contributed by atoms with van der Waals surface area (Å²) in [6.45, 7) is 4.84. The number of likely N-dealkylation sites (tertiary alicyclic amines) is 1. The lowest BCUT2D eigenvalue weighted by Crippen LogP contribution is -2.56. The molecule has 0 bridgehead atoms. The molecule has 2 aromatic rings. The Morgan fingerprint density at radius 2 is 2.03 bits per heavy atom. The highest BCUT2D eigenvalue weighted by atomic mass is 19.4. The minimum atomic E-state index is -4.53. The Kier molecular flexibility index (Phi) is 7.32. The molecule has 11 heteroatoms. The highest BCUT2D eigenvalue weighted by Crippen LogP contribution is 2.34. The number of piperidine rings is 1. The zero-order chi connectivity index (χ0) is 24.4. The number of nitrogens with zero attached hydrogens (tertiary/aromatic N) is 3. The van der Waals surface area contributed by atoms with Crippen LogP contribution in [0.15, 0.2) is 24.4 Å². The van der Waals surface area contributed by atoms with Crippen molar-refractivity contribution in [1.82, 2.24) is 20.2 Å². The Balaban J connectivity index is 1.75. The molecule has 3 atom stereocenters. The van der Waals surface area contributed by atoms with Crippen LogP contribution in [0.4, 0.5) is 18.0 Å². The number of nitrogens with one attached hydrogen (secondary N) is 1. The van der Waals surface area contributed by atoms with Gasteiger partial charge in [0.2, 0.25) is 5.88 Å². The number of pyridine rings is 2. The number of carbonyl (C=O) groups is 1. The molecule has 1 aliphatic heterocycles. The molecule has 1 aliphatic rings. The van der Waals surface area contributed by atoms with Gasteiger partial charge in [0.1, 0.15) is 11.6 Å². The Bertz CT molecular complexity index is 980. The van der Waals surface area contributed by atoms with E-state index >= 15 is 0 Å². The van der Waals surface area contributed by atoms with Gasteiger partial charge in [-0.25, -0.2) is 9.78 Å². The van der Waals surface area contributed by atoms with Gasteiger partial charge < -0.3 is 19.9 Å². The van der Waals surface area contributed by atoms with Crippen LogP contribution >= 0.6 is 0 Å². The molecule has 2 aromatic heterocycles. The van der Waals surface area contributed by atoms with E-state index in [2.05, 4.69) is 15.3 Å². The van der Waals surface area contributed by atoms with Gasteiger partial charge in [-0.2, -0.15) is 13.2 Å². The van der Waals surface area contributed by atoms with Crippen molar-refractivity contribution in [2.75, 3.05) is 20.2 Å². The minimum Gasteiger partial charge on any atom is -0.481 e. The highest BCUT2D eigenvalue weighted by Gasteiger charge is 2.47. The summed E-state index contributed by atoms with van der Waals surface area (Å²) >= 11 is 0. The van der Waals surface area contributed by atoms with E-state index in [0.29, 0.717) is 28.9 Å². The molecule has 3 heterocycles. The summed E-state index contributed by atoms with van der Waals surface area (Å²) in [6, 6.07) is 2.32. The number of amides is 1. The number of halogens is 3. The number of hydrogen-bond acceptors (Lipinski definition) is 7. The van der Waals surface area contributed by atoms with Crippen molar-refractivity contribution >= 4 is 17.1 Å². The second-order valence-corrected chi connectivity index (χ2v) is 9.06. The monoisotopic (exact) mass is 470 g/mol. The summed E-state index contributed by atoms with van der Waals surface area (Å²) < 4.78 is 51.9. The Labute approximate surface area is 190 Å². The molecule has 1 unspecified atom stereocenters. The number of alkyl halides is 3. The molecule has 0 spiro atoms. The van der Waals surface area contributed by atoms with Crippen LogP contribution in [0, 0.1) is 0 Å². The number of rotatable bonds is 5. The number of aliphatic hydroxyl groups excluding tert-OH is 1. The number of methoxy groups -OCH3 is 1. The fraction of sp³-hybridized carbons (Fsp3) is 0.591. The summed E-state index contributed by atoms with van der Waals surface area (Å²) in [6.07, 6.45) is -5.07. The van der Waals surface area contributed by atoms with Crippen LogP contribution in [0.3, 0.4) is 0 Å². The van der Waals surface area contributed by atoms with Gasteiger partial charge in [-0.3, -0.25) is 9.88 Å². The number of aromatic nitrogens is 2. The molecule has 0 aromatic carbocycles. The lowest BCUT2D eigenvalue weighted by molar-refractivity contribution is -0.196. The standard InChI is InChI=1S/C22H29F3N4O4/c1-21(2,3)33-20(31)27-13-8-10-29(17(11-13)22(23,24)25)12-16(30)14-7-9-26-15-5-6-18(32-4)28-19(14)15/h5-7,9,13,16-17,30H,8,10-12H2,1-4H3,(H,27,31)/t13-,16?,17-/m0/s1. The number of carbonyl (C=O) groups excluding carboxylic acids is 1. The van der Waals surface area contributed by atoms with Crippen molar-refractivity contribution in [2.24, 2.45) is 0 Å². The van der Waals surface area contributed by atoms with Crippen LogP contribution in [0.5, 0.6) is 5.88 Å². The van der Waals surface area contributed by atoms with E-state index in [4.69, 9.17) is 9.47 Å². The van der Waals surface area contributed by atoms with Crippen LogP contribution < -0.4 is 10.1 Å². The summed E-state index contributed by atoms with van der Waals surface area (Å²) in [5, 5.41) is 13.4. The van der Waals surface area contributed by atoms with Gasteiger partial charge in [-0.1, -0.05) is 0 Å². The smallest absolute Gasteiger partial charge is 0.407 e. The van der Waals surface area contributed by atoms with Gasteiger partial charge in [0.25, 0.3) is 0 Å². The second-order valence-electron chi connectivity index (χ2n) is 9.06. The number of alkyl carbamates (subject to hydrolysis) is 1. The quantitative estimate of drug-likeness (QED) is 0.689. The maximum atomic E-state index is 13.9. The summed E-state index contributed by atoms with van der Waals surface area (Å²) in [4.78, 5) is 21.7. The zero-order valence-electron chi connectivity index (χ0n) is 19.0. The minimum absolute atomic E-state index is 0.0431. The van der Waals surface area contributed by atoms with E-state index in [1.807, 2.05) is 0 Å². The van der Waals surface area contributed by atoms with Gasteiger partial charge in [-0.15, -0.1) is 0 Å².